The van der Waals surface area contributed by atoms with E-state index in [-0.39, 0.29) is 11.9 Å². The first-order valence-electron chi connectivity index (χ1n) is 11.4. The number of nitrogens with zero attached hydrogens (tertiary/aromatic N) is 4. The Morgan fingerprint density at radius 1 is 0.968 bits per heavy atom. The van der Waals surface area contributed by atoms with Gasteiger partial charge in [-0.2, -0.15) is 5.10 Å². The predicted molar refractivity (Wildman–Crippen MR) is 126 cm³/mol. The van der Waals surface area contributed by atoms with Crippen LogP contribution in [0.25, 0.3) is 0 Å². The fourth-order valence-corrected chi connectivity index (χ4v) is 4.63. The van der Waals surface area contributed by atoms with Gasteiger partial charge in [0.2, 0.25) is 0 Å². The molecule has 164 valence electrons. The maximum absolute atomic E-state index is 13.5. The summed E-state index contributed by atoms with van der Waals surface area (Å²) in [7, 11) is 0. The van der Waals surface area contributed by atoms with Crippen LogP contribution >= 0.6 is 0 Å². The van der Waals surface area contributed by atoms with Gasteiger partial charge in [-0.05, 0) is 44.0 Å². The van der Waals surface area contributed by atoms with Crippen LogP contribution < -0.4 is 0 Å². The van der Waals surface area contributed by atoms with Crippen LogP contribution in [0.3, 0.4) is 0 Å². The third kappa shape index (κ3) is 4.89. The molecule has 0 bridgehead atoms. The largest absolute Gasteiger partial charge is 0.301 e. The van der Waals surface area contributed by atoms with E-state index in [0.29, 0.717) is 6.54 Å². The molecule has 2 aromatic rings. The average molecular weight is 419 g/mol. The zero-order valence-corrected chi connectivity index (χ0v) is 19.3. The first-order valence-corrected chi connectivity index (χ1v) is 11.4. The van der Waals surface area contributed by atoms with Crippen LogP contribution in [-0.2, 0) is 4.79 Å². The molecule has 0 unspecified atom stereocenters. The lowest BCUT2D eigenvalue weighted by Gasteiger charge is -2.34. The quantitative estimate of drug-likeness (QED) is 0.739. The molecule has 1 amide bonds. The van der Waals surface area contributed by atoms with E-state index in [9.17, 15) is 4.79 Å². The van der Waals surface area contributed by atoms with Crippen molar-refractivity contribution in [2.75, 3.05) is 39.3 Å². The van der Waals surface area contributed by atoms with Crippen molar-refractivity contribution < 1.29 is 4.79 Å². The van der Waals surface area contributed by atoms with Crippen molar-refractivity contribution in [2.45, 2.75) is 40.2 Å². The summed E-state index contributed by atoms with van der Waals surface area (Å²) in [6.07, 6.45) is 0.753. The Kier molecular flexibility index (Phi) is 6.54. The van der Waals surface area contributed by atoms with Crippen molar-refractivity contribution in [3.63, 3.8) is 0 Å². The van der Waals surface area contributed by atoms with E-state index >= 15 is 0 Å². The van der Waals surface area contributed by atoms with Crippen LogP contribution in [0.2, 0.25) is 0 Å². The van der Waals surface area contributed by atoms with E-state index in [0.717, 1.165) is 50.4 Å². The highest BCUT2D eigenvalue weighted by atomic mass is 16.2. The van der Waals surface area contributed by atoms with Gasteiger partial charge in [-0.25, -0.2) is 5.01 Å². The lowest BCUT2D eigenvalue weighted by atomic mass is 9.93. The number of benzene rings is 2. The molecular formula is C26H34N4O. The third-order valence-electron chi connectivity index (χ3n) is 6.58. The molecule has 0 radical (unpaired) electrons. The molecule has 5 nitrogen and oxygen atoms in total. The lowest BCUT2D eigenvalue weighted by Crippen LogP contribution is -2.49. The Hall–Kier alpha value is -2.50. The number of carbonyl (C=O) groups excluding carboxylic acids is 1. The Balaban J connectivity index is 1.60. The zero-order valence-electron chi connectivity index (χ0n) is 19.3. The molecule has 1 atom stereocenters. The highest BCUT2D eigenvalue weighted by Gasteiger charge is 2.34. The molecule has 0 aromatic heterocycles. The molecule has 1 fully saturated rings. The molecule has 31 heavy (non-hydrogen) atoms. The van der Waals surface area contributed by atoms with Crippen LogP contribution in [0.1, 0.15) is 47.2 Å². The lowest BCUT2D eigenvalue weighted by molar-refractivity contribution is -0.134. The Labute approximate surface area is 186 Å². The van der Waals surface area contributed by atoms with Crippen molar-refractivity contribution in [2.24, 2.45) is 5.10 Å². The second kappa shape index (κ2) is 9.33. The first-order chi connectivity index (χ1) is 14.9. The van der Waals surface area contributed by atoms with Crippen molar-refractivity contribution in [3.05, 3.63) is 70.3 Å². The molecule has 4 rings (SSSR count). The summed E-state index contributed by atoms with van der Waals surface area (Å²) in [5.74, 6) is 0.0958. The van der Waals surface area contributed by atoms with E-state index < -0.39 is 0 Å². The fraction of sp³-hybridized carbons (Fsp3) is 0.462. The standard InChI is InChI=1S/C26H34N4O/c1-5-28-11-13-29(14-12-28)18-26(31)30-25(23-16-20(3)9-10-21(23)4)17-24(27-30)22-8-6-7-19(2)15-22/h6-10,15-16,25H,5,11-14,17-18H2,1-4H3/t25-/m0/s1. The molecule has 5 heteroatoms. The van der Waals surface area contributed by atoms with E-state index in [1.54, 1.807) is 5.01 Å². The van der Waals surface area contributed by atoms with Gasteiger partial charge in [-0.3, -0.25) is 9.69 Å². The smallest absolute Gasteiger partial charge is 0.257 e. The van der Waals surface area contributed by atoms with Gasteiger partial charge < -0.3 is 4.90 Å². The zero-order chi connectivity index (χ0) is 22.0. The minimum absolute atomic E-state index is 0.0418. The summed E-state index contributed by atoms with van der Waals surface area (Å²) in [4.78, 5) is 18.2. The number of aryl methyl sites for hydroxylation is 3. The minimum Gasteiger partial charge on any atom is -0.301 e. The molecule has 0 aliphatic carbocycles. The maximum Gasteiger partial charge on any atom is 0.257 e. The first kappa shape index (κ1) is 21.7. The number of amides is 1. The van der Waals surface area contributed by atoms with E-state index in [4.69, 9.17) is 5.10 Å². The number of piperazine rings is 1. The maximum atomic E-state index is 13.5. The Morgan fingerprint density at radius 2 is 1.68 bits per heavy atom. The SMILES string of the molecule is CCN1CCN(CC(=O)N2N=C(c3cccc(C)c3)C[C@H]2c2cc(C)ccc2C)CC1. The topological polar surface area (TPSA) is 39.1 Å². The Morgan fingerprint density at radius 3 is 2.39 bits per heavy atom. The number of carbonyl (C=O) groups is 1. The van der Waals surface area contributed by atoms with E-state index in [1.807, 2.05) is 0 Å². The third-order valence-corrected chi connectivity index (χ3v) is 6.58. The van der Waals surface area contributed by atoms with E-state index in [2.05, 4.69) is 80.0 Å². The highest BCUT2D eigenvalue weighted by molar-refractivity contribution is 6.03. The fourth-order valence-electron chi connectivity index (χ4n) is 4.63. The second-order valence-electron chi connectivity index (χ2n) is 8.94. The molecule has 0 saturated carbocycles. The van der Waals surface area contributed by atoms with Crippen molar-refractivity contribution in [1.29, 1.82) is 0 Å². The van der Waals surface area contributed by atoms with Crippen molar-refractivity contribution >= 4 is 11.6 Å². The van der Waals surface area contributed by atoms with Gasteiger partial charge in [0.05, 0.1) is 18.3 Å². The summed E-state index contributed by atoms with van der Waals surface area (Å²) >= 11 is 0. The van der Waals surface area contributed by atoms with E-state index in [1.165, 1.54) is 22.3 Å². The summed E-state index contributed by atoms with van der Waals surface area (Å²) in [5, 5.41) is 6.66. The summed E-state index contributed by atoms with van der Waals surface area (Å²) in [6.45, 7) is 14.0. The van der Waals surface area contributed by atoms with Crippen LogP contribution in [0.4, 0.5) is 0 Å². The van der Waals surface area contributed by atoms with Gasteiger partial charge in [0.25, 0.3) is 5.91 Å². The Bertz CT molecular complexity index is 975. The number of hydrazone groups is 1. The monoisotopic (exact) mass is 418 g/mol. The van der Waals surface area contributed by atoms with Crippen LogP contribution in [-0.4, -0.2) is 65.7 Å². The molecule has 1 saturated heterocycles. The van der Waals surface area contributed by atoms with Crippen LogP contribution in [0.15, 0.2) is 47.6 Å². The van der Waals surface area contributed by atoms with Crippen molar-refractivity contribution in [1.82, 2.24) is 14.8 Å². The van der Waals surface area contributed by atoms with Crippen LogP contribution in [0, 0.1) is 20.8 Å². The average Bonchev–Trinajstić information content (AvgIpc) is 3.21. The predicted octanol–water partition coefficient (Wildman–Crippen LogP) is 3.93. The summed E-state index contributed by atoms with van der Waals surface area (Å²) in [6, 6.07) is 14.9. The second-order valence-corrected chi connectivity index (χ2v) is 8.94. The van der Waals surface area contributed by atoms with Crippen LogP contribution in [0.5, 0.6) is 0 Å². The number of likely N-dealkylation sites (N-methyl/N-ethyl adjacent to an activating group) is 1. The summed E-state index contributed by atoms with van der Waals surface area (Å²) in [5.41, 5.74) is 6.96. The molecular weight excluding hydrogens is 384 g/mol. The molecule has 2 heterocycles. The highest BCUT2D eigenvalue weighted by Crippen LogP contribution is 2.35. The number of hydrogen-bond donors (Lipinski definition) is 0. The van der Waals surface area contributed by atoms with Gasteiger partial charge in [0.1, 0.15) is 0 Å². The normalized spacial score (nSPS) is 20.2. The number of hydrogen-bond acceptors (Lipinski definition) is 4. The van der Waals surface area contributed by atoms with Gasteiger partial charge in [-0.1, -0.05) is 60.5 Å². The van der Waals surface area contributed by atoms with Gasteiger partial charge >= 0.3 is 0 Å². The van der Waals surface area contributed by atoms with Gasteiger partial charge in [-0.15, -0.1) is 0 Å². The molecule has 2 aromatic carbocycles. The molecule has 2 aliphatic rings. The van der Waals surface area contributed by atoms with Gasteiger partial charge in [0, 0.05) is 32.6 Å². The molecule has 0 N–H and O–H groups in total. The molecule has 0 spiro atoms. The number of rotatable bonds is 5. The summed E-state index contributed by atoms with van der Waals surface area (Å²) < 4.78 is 0. The van der Waals surface area contributed by atoms with Gasteiger partial charge in [0.15, 0.2) is 0 Å². The molecule has 2 aliphatic heterocycles. The van der Waals surface area contributed by atoms with Crippen molar-refractivity contribution in [3.8, 4) is 0 Å². The minimum atomic E-state index is -0.0418.